The second-order valence-corrected chi connectivity index (χ2v) is 0.626. The summed E-state index contributed by atoms with van der Waals surface area (Å²) in [6.45, 7) is 2.61. The van der Waals surface area contributed by atoms with Crippen LogP contribution in [0.25, 0.3) is 0 Å². The Hall–Kier alpha value is 0.0197. The van der Waals surface area contributed by atoms with Crippen molar-refractivity contribution < 1.29 is 10.1 Å². The quantitative estimate of drug-likeness (QED) is 0.244. The molecule has 6 heavy (non-hydrogen) atoms. The van der Waals surface area contributed by atoms with Crippen LogP contribution in [0.15, 0.2) is 0 Å². The van der Waals surface area contributed by atoms with Gasteiger partial charge < -0.3 is 0 Å². The van der Waals surface area contributed by atoms with E-state index in [9.17, 15) is 0 Å². The third-order valence-electron chi connectivity index (χ3n) is 0.251. The molecule has 2 nitrogen and oxygen atoms in total. The summed E-state index contributed by atoms with van der Waals surface area (Å²) in [5.41, 5.74) is 0. The van der Waals surface area contributed by atoms with E-state index >= 15 is 0 Å². The van der Waals surface area contributed by atoms with E-state index in [0.29, 0.717) is 0 Å². The first-order valence-electron chi connectivity index (χ1n) is 1.42. The van der Waals surface area contributed by atoms with Gasteiger partial charge in [-0.3, -0.25) is 0 Å². The van der Waals surface area contributed by atoms with E-state index in [2.05, 4.69) is 4.81 Å². The van der Waals surface area contributed by atoms with Gasteiger partial charge in [0.15, 0.2) is 0 Å². The van der Waals surface area contributed by atoms with Gasteiger partial charge in [-0.1, -0.05) is 0 Å². The molecule has 6 heteroatoms. The van der Waals surface area contributed by atoms with Gasteiger partial charge in [0.1, 0.15) is 0 Å². The van der Waals surface area contributed by atoms with Gasteiger partial charge >= 0.3 is 37.8 Å². The minimum atomic E-state index is 1.06. The van der Waals surface area contributed by atoms with Crippen molar-refractivity contribution in [2.24, 2.45) is 0 Å². The molecular formula is HB4O2. The van der Waals surface area contributed by atoms with Crippen LogP contribution in [0.1, 0.15) is 0 Å². The molecule has 0 saturated heterocycles. The van der Waals surface area contributed by atoms with Gasteiger partial charge in [-0.25, -0.2) is 0 Å². The standard InChI is InChI=1S/B4HO2/c1-2-3-4-6-5/h5H. The molecule has 0 spiro atoms. The molecule has 1 radical (unpaired) electrons. The number of hydrogen-bond donors (Lipinski definition) is 1. The number of hydrogen-bond acceptors (Lipinski definition) is 2. The molecular weight excluding hydrogens is 75.2 g/mol. The van der Waals surface area contributed by atoms with E-state index in [1.54, 1.807) is 0 Å². The second kappa shape index (κ2) is 5.02. The molecule has 0 aromatic heterocycles. The van der Waals surface area contributed by atoms with Crippen molar-refractivity contribution in [1.29, 1.82) is 0 Å². The monoisotopic (exact) mass is 77.0 g/mol. The summed E-state index contributed by atoms with van der Waals surface area (Å²) in [5.74, 6) is 0. The molecule has 1 N–H and O–H groups in total. The molecule has 0 unspecified atom stereocenters. The maximum atomic E-state index is 7.54. The predicted octanol–water partition coefficient (Wildman–Crippen LogP) is -1.58. The molecule has 0 saturated carbocycles. The average molecular weight is 76.3 g/mol. The van der Waals surface area contributed by atoms with Gasteiger partial charge in [-0.15, -0.1) is 0 Å². The minimum absolute atomic E-state index is 1.06. The van der Waals surface area contributed by atoms with Gasteiger partial charge in [0.2, 0.25) is 0 Å². The summed E-state index contributed by atoms with van der Waals surface area (Å²) >= 11 is 0. The van der Waals surface area contributed by atoms with Gasteiger partial charge in [0, 0.05) is 0 Å². The Morgan fingerprint density at radius 2 is 2.33 bits per heavy atom. The van der Waals surface area contributed by atoms with Crippen LogP contribution < -0.4 is 0 Å². The fraction of sp³-hybridized carbons (Fsp3) is 0. The zero-order valence-electron chi connectivity index (χ0n) is 3.16. The van der Waals surface area contributed by atoms with Crippen LogP contribution in [0.5, 0.6) is 0 Å². The van der Waals surface area contributed by atoms with Crippen molar-refractivity contribution in [3.63, 3.8) is 0 Å². The Labute approximate surface area is 38.8 Å². The van der Waals surface area contributed by atoms with Gasteiger partial charge in [-0.2, -0.15) is 0 Å². The molecule has 0 fully saturated rings. The van der Waals surface area contributed by atoms with E-state index in [0.717, 1.165) is 7.00 Å². The Kier molecular flexibility index (Phi) is 5.04. The predicted molar refractivity (Wildman–Crippen MR) is 26.7 cm³/mol. The van der Waals surface area contributed by atoms with E-state index in [1.807, 2.05) is 0 Å². The van der Waals surface area contributed by atoms with E-state index in [-0.39, 0.29) is 0 Å². The molecule has 0 aliphatic heterocycles. The van der Waals surface area contributed by atoms with Crippen molar-refractivity contribution in [2.45, 2.75) is 0 Å². The Morgan fingerprint density at radius 3 is 2.50 bits per heavy atom. The summed E-state index contributed by atoms with van der Waals surface area (Å²) in [4.78, 5) is 3.49. The molecule has 0 atom stereocenters. The first-order chi connectivity index (χ1) is 2.91. The van der Waals surface area contributed by atoms with Crippen molar-refractivity contribution in [1.82, 2.24) is 0 Å². The van der Waals surface area contributed by atoms with Crippen LogP contribution in [0.3, 0.4) is 0 Å². The van der Waals surface area contributed by atoms with Crippen molar-refractivity contribution in [2.75, 3.05) is 0 Å². The van der Waals surface area contributed by atoms with Crippen LogP contribution in [-0.2, 0) is 4.81 Å². The Morgan fingerprint density at radius 1 is 1.67 bits per heavy atom. The Balaban J connectivity index is 2.94. The van der Waals surface area contributed by atoms with Crippen LogP contribution in [0.4, 0.5) is 0 Å². The van der Waals surface area contributed by atoms with Crippen molar-refractivity contribution in [3.8, 4) is 0 Å². The third-order valence-corrected chi connectivity index (χ3v) is 0.251. The molecule has 0 amide bonds. The summed E-state index contributed by atoms with van der Waals surface area (Å²) < 4.78 is 0. The molecule has 0 aromatic carbocycles. The zero-order valence-corrected chi connectivity index (χ0v) is 3.16. The maximum absolute atomic E-state index is 7.54. The van der Waals surface area contributed by atoms with E-state index in [1.165, 1.54) is 13.4 Å². The van der Waals surface area contributed by atoms with Gasteiger partial charge in [-0.05, 0) is 0 Å². The molecule has 25 valence electrons. The van der Waals surface area contributed by atoms with Crippen LogP contribution in [0.2, 0.25) is 0 Å². The second-order valence-electron chi connectivity index (χ2n) is 0.626. The van der Waals surface area contributed by atoms with E-state index in [4.69, 9.17) is 12.6 Å². The molecule has 0 rings (SSSR count). The molecule has 0 bridgehead atoms. The van der Waals surface area contributed by atoms with Crippen molar-refractivity contribution in [3.05, 3.63) is 0 Å². The third kappa shape index (κ3) is 4.02. The summed E-state index contributed by atoms with van der Waals surface area (Å²) in [5, 5.41) is 7.54. The van der Waals surface area contributed by atoms with Crippen LogP contribution >= 0.6 is 0 Å². The fourth-order valence-corrected chi connectivity index (χ4v) is 0.0805. The van der Waals surface area contributed by atoms with E-state index < -0.39 is 0 Å². The SMILES string of the molecule is [B]=BB=BOO. The van der Waals surface area contributed by atoms with Crippen LogP contribution in [-0.4, -0.2) is 33.0 Å². The zero-order chi connectivity index (χ0) is 4.83. The topological polar surface area (TPSA) is 29.5 Å². The summed E-state index contributed by atoms with van der Waals surface area (Å²) in [6, 6.07) is 0. The first kappa shape index (κ1) is 6.02. The normalized spacial score (nSPS) is 5.33. The van der Waals surface area contributed by atoms with Gasteiger partial charge in [0.25, 0.3) is 0 Å². The number of rotatable bonds is 2. The molecule has 0 aromatic rings. The fourth-order valence-electron chi connectivity index (χ4n) is 0.0805. The summed E-state index contributed by atoms with van der Waals surface area (Å²) in [6.07, 6.45) is 0. The summed E-state index contributed by atoms with van der Waals surface area (Å²) in [7, 11) is 5.87. The Bertz CT molecular complexity index is 56.6. The van der Waals surface area contributed by atoms with Crippen LogP contribution in [0, 0.1) is 0 Å². The molecule has 0 aliphatic carbocycles. The molecule has 0 aliphatic rings. The average Bonchev–Trinajstić information content (AvgIpc) is 1.61. The van der Waals surface area contributed by atoms with Gasteiger partial charge in [0.05, 0.1) is 0 Å². The first-order valence-corrected chi connectivity index (χ1v) is 1.42. The van der Waals surface area contributed by atoms with Crippen molar-refractivity contribution >= 4 is 27.8 Å². The molecule has 0 heterocycles.